The Bertz CT molecular complexity index is 299. The topological polar surface area (TPSA) is 52.7 Å². The van der Waals surface area contributed by atoms with E-state index in [1.54, 1.807) is 0 Å². The molecule has 1 rings (SSSR count). The summed E-state index contributed by atoms with van der Waals surface area (Å²) in [6, 6.07) is 0. The van der Waals surface area contributed by atoms with E-state index >= 15 is 0 Å². The maximum atomic E-state index is 10.2. The van der Waals surface area contributed by atoms with E-state index in [0.29, 0.717) is 12.2 Å². The highest BCUT2D eigenvalue weighted by atomic mass is 16.6. The summed E-state index contributed by atoms with van der Waals surface area (Å²) < 4.78 is 5.65. The summed E-state index contributed by atoms with van der Waals surface area (Å²) in [5.74, 6) is -0.923. The SMILES string of the molecule is CCCCCC1OC1C/C=C\CCCCCCCC(=O)[O-]. The van der Waals surface area contributed by atoms with Gasteiger partial charge in [-0.15, -0.1) is 0 Å². The lowest BCUT2D eigenvalue weighted by atomic mass is 10.1. The van der Waals surface area contributed by atoms with Crippen LogP contribution in [-0.4, -0.2) is 18.2 Å². The molecule has 0 aliphatic carbocycles. The van der Waals surface area contributed by atoms with E-state index in [0.717, 1.165) is 32.1 Å². The minimum Gasteiger partial charge on any atom is -0.550 e. The summed E-state index contributed by atoms with van der Waals surface area (Å²) in [4.78, 5) is 10.2. The van der Waals surface area contributed by atoms with E-state index in [1.807, 2.05) is 0 Å². The molecule has 21 heavy (non-hydrogen) atoms. The molecule has 0 saturated carbocycles. The van der Waals surface area contributed by atoms with Crippen LogP contribution in [0.15, 0.2) is 12.2 Å². The zero-order chi connectivity index (χ0) is 15.3. The summed E-state index contributed by atoms with van der Waals surface area (Å²) in [5, 5.41) is 10.2. The van der Waals surface area contributed by atoms with Crippen molar-refractivity contribution in [2.24, 2.45) is 0 Å². The highest BCUT2D eigenvalue weighted by Crippen LogP contribution is 2.30. The molecule has 1 saturated heterocycles. The van der Waals surface area contributed by atoms with Gasteiger partial charge in [0.05, 0.1) is 12.2 Å². The molecular formula is C18H31O3-. The summed E-state index contributed by atoms with van der Waals surface area (Å²) in [7, 11) is 0. The molecule has 0 bridgehead atoms. The Morgan fingerprint density at radius 2 is 1.76 bits per heavy atom. The third kappa shape index (κ3) is 10.5. The van der Waals surface area contributed by atoms with Gasteiger partial charge in [-0.1, -0.05) is 57.6 Å². The molecule has 0 aromatic rings. The van der Waals surface area contributed by atoms with Crippen molar-refractivity contribution in [3.63, 3.8) is 0 Å². The van der Waals surface area contributed by atoms with Gasteiger partial charge in [0.2, 0.25) is 0 Å². The molecule has 1 fully saturated rings. The molecule has 3 heteroatoms. The first-order valence-corrected chi connectivity index (χ1v) is 8.74. The smallest absolute Gasteiger partial charge is 0.0876 e. The fraction of sp³-hybridized carbons (Fsp3) is 0.833. The average Bonchev–Trinajstić information content (AvgIpc) is 3.19. The van der Waals surface area contributed by atoms with Crippen molar-refractivity contribution < 1.29 is 14.6 Å². The molecular weight excluding hydrogens is 264 g/mol. The number of unbranched alkanes of at least 4 members (excludes halogenated alkanes) is 7. The van der Waals surface area contributed by atoms with Crippen LogP contribution < -0.4 is 5.11 Å². The Morgan fingerprint density at radius 1 is 1.00 bits per heavy atom. The zero-order valence-electron chi connectivity index (χ0n) is 13.5. The number of carboxylic acid groups (broad SMARTS) is 1. The van der Waals surface area contributed by atoms with E-state index in [2.05, 4.69) is 19.1 Å². The fourth-order valence-corrected chi connectivity index (χ4v) is 2.65. The first kappa shape index (κ1) is 18.2. The highest BCUT2D eigenvalue weighted by Gasteiger charge is 2.36. The number of aliphatic carboxylic acids is 1. The monoisotopic (exact) mass is 295 g/mol. The van der Waals surface area contributed by atoms with Gasteiger partial charge in [0, 0.05) is 5.97 Å². The van der Waals surface area contributed by atoms with Crippen LogP contribution in [-0.2, 0) is 9.53 Å². The van der Waals surface area contributed by atoms with Gasteiger partial charge in [-0.3, -0.25) is 0 Å². The van der Waals surface area contributed by atoms with Crippen LogP contribution in [0.5, 0.6) is 0 Å². The van der Waals surface area contributed by atoms with Crippen LogP contribution in [0.4, 0.5) is 0 Å². The molecule has 1 heterocycles. The Kier molecular flexibility index (Phi) is 10.2. The Hall–Kier alpha value is -0.830. The Morgan fingerprint density at radius 3 is 2.52 bits per heavy atom. The second kappa shape index (κ2) is 11.8. The van der Waals surface area contributed by atoms with Crippen molar-refractivity contribution in [2.75, 3.05) is 0 Å². The standard InChI is InChI=1S/C18H32O3/c1-2-3-10-13-16-17(21-16)14-11-8-6-4-5-7-9-12-15-18(19)20/h8,11,16-17H,2-7,9-10,12-15H2,1H3,(H,19,20)/p-1/b11-8-. The maximum absolute atomic E-state index is 10.2. The number of hydrogen-bond donors (Lipinski definition) is 0. The number of rotatable bonds is 14. The van der Waals surface area contributed by atoms with Gasteiger partial charge >= 0.3 is 0 Å². The van der Waals surface area contributed by atoms with E-state index in [9.17, 15) is 9.90 Å². The predicted octanol–water partition coefficient (Wildman–Crippen LogP) is 3.76. The van der Waals surface area contributed by atoms with Crippen LogP contribution in [0.25, 0.3) is 0 Å². The number of carbonyl (C=O) groups excluding carboxylic acids is 1. The van der Waals surface area contributed by atoms with Crippen LogP contribution in [0.3, 0.4) is 0 Å². The minimum atomic E-state index is -0.923. The maximum Gasteiger partial charge on any atom is 0.0876 e. The number of hydrogen-bond acceptors (Lipinski definition) is 3. The molecule has 1 aliphatic rings. The van der Waals surface area contributed by atoms with E-state index in [4.69, 9.17) is 4.74 Å². The van der Waals surface area contributed by atoms with Crippen molar-refractivity contribution in [3.05, 3.63) is 12.2 Å². The summed E-state index contributed by atoms with van der Waals surface area (Å²) in [6.45, 7) is 2.23. The lowest BCUT2D eigenvalue weighted by Crippen LogP contribution is -2.21. The normalized spacial score (nSPS) is 21.0. The second-order valence-corrected chi connectivity index (χ2v) is 6.09. The van der Waals surface area contributed by atoms with Gasteiger partial charge in [-0.05, 0) is 38.5 Å². The van der Waals surface area contributed by atoms with Crippen LogP contribution in [0.2, 0.25) is 0 Å². The molecule has 0 aromatic heterocycles. The van der Waals surface area contributed by atoms with E-state index < -0.39 is 5.97 Å². The number of carbonyl (C=O) groups is 1. The van der Waals surface area contributed by atoms with Crippen molar-refractivity contribution in [1.29, 1.82) is 0 Å². The lowest BCUT2D eigenvalue weighted by Gasteiger charge is -2.01. The molecule has 3 nitrogen and oxygen atoms in total. The highest BCUT2D eigenvalue weighted by molar-refractivity contribution is 5.63. The fourth-order valence-electron chi connectivity index (χ4n) is 2.65. The van der Waals surface area contributed by atoms with Gasteiger partial charge in [-0.2, -0.15) is 0 Å². The number of ether oxygens (including phenoxy) is 1. The van der Waals surface area contributed by atoms with Crippen LogP contribution in [0, 0.1) is 0 Å². The summed E-state index contributed by atoms with van der Waals surface area (Å²) >= 11 is 0. The number of allylic oxidation sites excluding steroid dienone is 1. The predicted molar refractivity (Wildman–Crippen MR) is 83.9 cm³/mol. The largest absolute Gasteiger partial charge is 0.550 e. The molecule has 0 N–H and O–H groups in total. The number of carboxylic acids is 1. The first-order chi connectivity index (χ1) is 10.2. The third-order valence-corrected chi connectivity index (χ3v) is 4.07. The van der Waals surface area contributed by atoms with E-state index in [-0.39, 0.29) is 6.42 Å². The van der Waals surface area contributed by atoms with Gasteiger partial charge < -0.3 is 14.6 Å². The van der Waals surface area contributed by atoms with Crippen LogP contribution >= 0.6 is 0 Å². The average molecular weight is 295 g/mol. The van der Waals surface area contributed by atoms with Crippen LogP contribution in [0.1, 0.15) is 84.0 Å². The van der Waals surface area contributed by atoms with Crippen molar-refractivity contribution in [1.82, 2.24) is 0 Å². The first-order valence-electron chi connectivity index (χ1n) is 8.74. The molecule has 0 amide bonds. The number of epoxide rings is 1. The van der Waals surface area contributed by atoms with Gasteiger partial charge in [-0.25, -0.2) is 0 Å². The molecule has 1 aliphatic heterocycles. The molecule has 0 spiro atoms. The molecule has 0 radical (unpaired) electrons. The molecule has 0 aromatic carbocycles. The second-order valence-electron chi connectivity index (χ2n) is 6.09. The van der Waals surface area contributed by atoms with Gasteiger partial charge in [0.1, 0.15) is 0 Å². The quantitative estimate of drug-likeness (QED) is 0.278. The Labute approximate surface area is 129 Å². The zero-order valence-corrected chi connectivity index (χ0v) is 13.5. The summed E-state index contributed by atoms with van der Waals surface area (Å²) in [5.41, 5.74) is 0. The molecule has 122 valence electrons. The molecule has 2 atom stereocenters. The minimum absolute atomic E-state index is 0.209. The van der Waals surface area contributed by atoms with Gasteiger partial charge in [0.25, 0.3) is 0 Å². The Balaban J connectivity index is 1.81. The molecule has 2 unspecified atom stereocenters. The van der Waals surface area contributed by atoms with Crippen molar-refractivity contribution in [2.45, 2.75) is 96.2 Å². The van der Waals surface area contributed by atoms with Crippen molar-refractivity contribution in [3.8, 4) is 0 Å². The van der Waals surface area contributed by atoms with E-state index in [1.165, 1.54) is 38.5 Å². The third-order valence-electron chi connectivity index (χ3n) is 4.07. The summed E-state index contributed by atoms with van der Waals surface area (Å²) in [6.07, 6.45) is 18.4. The van der Waals surface area contributed by atoms with Gasteiger partial charge in [0.15, 0.2) is 0 Å². The van der Waals surface area contributed by atoms with Crippen molar-refractivity contribution >= 4 is 5.97 Å². The lowest BCUT2D eigenvalue weighted by molar-refractivity contribution is -0.305.